The first-order chi connectivity index (χ1) is 16.8. The molecule has 2 aromatic carbocycles. The number of thiazole rings is 1. The van der Waals surface area contributed by atoms with Gasteiger partial charge in [0.15, 0.2) is 5.13 Å². The van der Waals surface area contributed by atoms with Crippen LogP contribution in [0.25, 0.3) is 11.3 Å². The van der Waals surface area contributed by atoms with Crippen molar-refractivity contribution in [3.8, 4) is 17.0 Å². The smallest absolute Gasteiger partial charge is 0.420 e. The fourth-order valence-electron chi connectivity index (χ4n) is 3.48. The molecule has 4 nitrogen and oxygen atoms in total. The summed E-state index contributed by atoms with van der Waals surface area (Å²) in [7, 11) is 0. The molecule has 0 aliphatic carbocycles. The van der Waals surface area contributed by atoms with E-state index >= 15 is 0 Å². The molecule has 0 radical (unpaired) electrons. The van der Waals surface area contributed by atoms with Crippen LogP contribution in [-0.2, 0) is 12.6 Å². The third kappa shape index (κ3) is 6.57. The summed E-state index contributed by atoms with van der Waals surface area (Å²) in [6.45, 7) is 2.19. The Morgan fingerprint density at radius 3 is 2.54 bits per heavy atom. The maximum Gasteiger partial charge on any atom is 0.420 e. The normalized spacial score (nSPS) is 11.5. The molecule has 35 heavy (non-hydrogen) atoms. The van der Waals surface area contributed by atoms with Gasteiger partial charge in [-0.25, -0.2) is 4.98 Å². The number of hydrogen-bond acceptors (Lipinski definition) is 5. The van der Waals surface area contributed by atoms with Crippen molar-refractivity contribution in [1.29, 1.82) is 0 Å². The minimum absolute atomic E-state index is 0.0900. The van der Waals surface area contributed by atoms with Crippen molar-refractivity contribution >= 4 is 22.2 Å². The van der Waals surface area contributed by atoms with Crippen molar-refractivity contribution in [3.05, 3.63) is 88.8 Å². The lowest BCUT2D eigenvalue weighted by molar-refractivity contribution is -0.138. The molecular formula is C26H23F4N3OS. The summed E-state index contributed by atoms with van der Waals surface area (Å²) in [5.74, 6) is -0.236. The van der Waals surface area contributed by atoms with Crippen molar-refractivity contribution in [2.24, 2.45) is 0 Å². The summed E-state index contributed by atoms with van der Waals surface area (Å²) >= 11 is 0.711. The molecule has 0 bridgehead atoms. The van der Waals surface area contributed by atoms with E-state index in [4.69, 9.17) is 4.74 Å². The first-order valence-corrected chi connectivity index (χ1v) is 11.8. The number of halogens is 4. The van der Waals surface area contributed by atoms with Gasteiger partial charge in [0.1, 0.15) is 11.4 Å². The van der Waals surface area contributed by atoms with Gasteiger partial charge in [0.05, 0.1) is 12.2 Å². The number of unbranched alkanes of at least 4 members (excludes halogenated alkanes) is 1. The second-order valence-corrected chi connectivity index (χ2v) is 8.96. The molecule has 0 aliphatic heterocycles. The molecule has 4 rings (SSSR count). The van der Waals surface area contributed by atoms with Crippen LogP contribution in [0.4, 0.5) is 28.4 Å². The number of pyridine rings is 1. The molecule has 2 heterocycles. The van der Waals surface area contributed by atoms with Crippen LogP contribution >= 0.6 is 11.3 Å². The molecule has 0 fully saturated rings. The molecule has 0 amide bonds. The highest BCUT2D eigenvalue weighted by Gasteiger charge is 2.35. The highest BCUT2D eigenvalue weighted by Crippen LogP contribution is 2.39. The first kappa shape index (κ1) is 24.7. The molecule has 0 saturated carbocycles. The molecule has 0 aliphatic rings. The number of alkyl halides is 3. The predicted octanol–water partition coefficient (Wildman–Crippen LogP) is 7.82. The zero-order chi connectivity index (χ0) is 24.8. The van der Waals surface area contributed by atoms with Gasteiger partial charge in [0, 0.05) is 23.6 Å². The van der Waals surface area contributed by atoms with Gasteiger partial charge < -0.3 is 10.1 Å². The minimum atomic E-state index is -4.61. The van der Waals surface area contributed by atoms with Gasteiger partial charge in [-0.15, -0.1) is 0 Å². The maximum atomic E-state index is 14.3. The summed E-state index contributed by atoms with van der Waals surface area (Å²) in [5, 5.41) is 2.35. The fourth-order valence-corrected chi connectivity index (χ4v) is 4.22. The number of hydrogen-bond donors (Lipinski definition) is 1. The second-order valence-electron chi connectivity index (χ2n) is 8.01. The first-order valence-electron chi connectivity index (χ1n) is 11.0. The lowest BCUT2D eigenvalue weighted by atomic mass is 10.1. The van der Waals surface area contributed by atoms with Gasteiger partial charge in [-0.2, -0.15) is 17.6 Å². The quantitative estimate of drug-likeness (QED) is 0.188. The van der Waals surface area contributed by atoms with Crippen LogP contribution in [0.2, 0.25) is 0 Å². The highest BCUT2D eigenvalue weighted by atomic mass is 32.1. The summed E-state index contributed by atoms with van der Waals surface area (Å²) in [6.07, 6.45) is 0.684. The molecule has 182 valence electrons. The van der Waals surface area contributed by atoms with Gasteiger partial charge in [-0.1, -0.05) is 41.2 Å². The Kier molecular flexibility index (Phi) is 7.65. The van der Waals surface area contributed by atoms with E-state index in [1.165, 1.54) is 29.5 Å². The molecule has 2 aromatic heterocycles. The number of nitrogens with zero attached hydrogens (tertiary/aromatic N) is 2. The molecule has 0 spiro atoms. The van der Waals surface area contributed by atoms with E-state index in [2.05, 4.69) is 27.4 Å². The Balaban J connectivity index is 1.40. The molecule has 9 heteroatoms. The maximum absolute atomic E-state index is 14.3. The van der Waals surface area contributed by atoms with Gasteiger partial charge in [0.2, 0.25) is 5.13 Å². The second kappa shape index (κ2) is 10.9. The SMILES string of the molecule is Cc1ccc(CCCCOc2ccc(Nc3nc(-c4cccnc4)c(F)s3)cc2C(F)(F)F)cc1. The summed E-state index contributed by atoms with van der Waals surface area (Å²) < 4.78 is 60.9. The number of aryl methyl sites for hydroxylation is 2. The van der Waals surface area contributed by atoms with Crippen LogP contribution in [0.15, 0.2) is 67.0 Å². The van der Waals surface area contributed by atoms with Crippen molar-refractivity contribution in [2.75, 3.05) is 11.9 Å². The predicted molar refractivity (Wildman–Crippen MR) is 130 cm³/mol. The summed E-state index contributed by atoms with van der Waals surface area (Å²) in [4.78, 5) is 8.11. The van der Waals surface area contributed by atoms with E-state index in [1.54, 1.807) is 18.3 Å². The van der Waals surface area contributed by atoms with Crippen molar-refractivity contribution < 1.29 is 22.3 Å². The molecule has 1 N–H and O–H groups in total. The fraction of sp³-hybridized carbons (Fsp3) is 0.231. The van der Waals surface area contributed by atoms with E-state index in [0.717, 1.165) is 18.9 Å². The Labute approximate surface area is 204 Å². The average Bonchev–Trinajstić information content (AvgIpc) is 3.20. The van der Waals surface area contributed by atoms with E-state index in [0.29, 0.717) is 23.3 Å². The average molecular weight is 502 g/mol. The zero-order valence-electron chi connectivity index (χ0n) is 18.9. The van der Waals surface area contributed by atoms with Crippen LogP contribution in [0, 0.1) is 12.1 Å². The molecule has 0 atom stereocenters. The van der Waals surface area contributed by atoms with Gasteiger partial charge >= 0.3 is 6.18 Å². The largest absolute Gasteiger partial charge is 0.493 e. The topological polar surface area (TPSA) is 47.0 Å². The number of ether oxygens (including phenoxy) is 1. The number of rotatable bonds is 9. The van der Waals surface area contributed by atoms with Crippen LogP contribution < -0.4 is 10.1 Å². The number of nitrogens with one attached hydrogen (secondary N) is 1. The van der Waals surface area contributed by atoms with E-state index in [9.17, 15) is 17.6 Å². The van der Waals surface area contributed by atoms with E-state index in [1.807, 2.05) is 19.1 Å². The Hall–Kier alpha value is -3.46. The third-order valence-corrected chi connectivity index (χ3v) is 6.05. The van der Waals surface area contributed by atoms with Gasteiger partial charge in [-0.3, -0.25) is 4.98 Å². The van der Waals surface area contributed by atoms with Crippen LogP contribution in [0.5, 0.6) is 5.75 Å². The van der Waals surface area contributed by atoms with E-state index < -0.39 is 16.9 Å². The highest BCUT2D eigenvalue weighted by molar-refractivity contribution is 7.14. The minimum Gasteiger partial charge on any atom is -0.493 e. The Bertz CT molecular complexity index is 1260. The van der Waals surface area contributed by atoms with Gasteiger partial charge in [0.25, 0.3) is 0 Å². The third-order valence-electron chi connectivity index (χ3n) is 5.29. The van der Waals surface area contributed by atoms with Crippen LogP contribution in [0.3, 0.4) is 0 Å². The molecule has 4 aromatic rings. The van der Waals surface area contributed by atoms with Crippen molar-refractivity contribution in [1.82, 2.24) is 9.97 Å². The monoisotopic (exact) mass is 501 g/mol. The van der Waals surface area contributed by atoms with E-state index in [-0.39, 0.29) is 28.9 Å². The molecular weight excluding hydrogens is 478 g/mol. The summed E-state index contributed by atoms with van der Waals surface area (Å²) in [5.41, 5.74) is 2.18. The van der Waals surface area contributed by atoms with Crippen LogP contribution in [-0.4, -0.2) is 16.6 Å². The Morgan fingerprint density at radius 1 is 1.03 bits per heavy atom. The lowest BCUT2D eigenvalue weighted by Crippen LogP contribution is -2.10. The Morgan fingerprint density at radius 2 is 1.83 bits per heavy atom. The molecule has 0 saturated heterocycles. The molecule has 0 unspecified atom stereocenters. The lowest BCUT2D eigenvalue weighted by Gasteiger charge is -2.15. The number of anilines is 2. The zero-order valence-corrected chi connectivity index (χ0v) is 19.7. The van der Waals surface area contributed by atoms with Crippen molar-refractivity contribution in [3.63, 3.8) is 0 Å². The van der Waals surface area contributed by atoms with Gasteiger partial charge in [-0.05, 0) is 62.1 Å². The summed E-state index contributed by atoms with van der Waals surface area (Å²) in [6, 6.07) is 15.2. The number of aromatic nitrogens is 2. The number of benzene rings is 2. The van der Waals surface area contributed by atoms with Crippen LogP contribution in [0.1, 0.15) is 29.5 Å². The standard InChI is InChI=1S/C26H23F4N3OS/c1-17-7-9-18(10-8-17)5-2-3-14-34-22-12-11-20(15-21(22)26(28,29)30)32-25-33-23(24(27)35-25)19-6-4-13-31-16-19/h4,6-13,15-16H,2-3,5,14H2,1H3,(H,32,33). The van der Waals surface area contributed by atoms with Crippen molar-refractivity contribution in [2.45, 2.75) is 32.4 Å².